The van der Waals surface area contributed by atoms with Crippen LogP contribution in [0.2, 0.25) is 0 Å². The van der Waals surface area contributed by atoms with Crippen molar-refractivity contribution in [2.24, 2.45) is 0 Å². The highest BCUT2D eigenvalue weighted by atomic mass is 16.2. The third kappa shape index (κ3) is 6.92. The van der Waals surface area contributed by atoms with E-state index in [2.05, 4.69) is 29.4 Å². The second kappa shape index (κ2) is 9.32. The summed E-state index contributed by atoms with van der Waals surface area (Å²) in [4.78, 5) is 14.4. The highest BCUT2D eigenvalue weighted by Crippen LogP contribution is 2.08. The number of likely N-dealkylation sites (tertiary alicyclic amines) is 1. The van der Waals surface area contributed by atoms with E-state index in [0.717, 1.165) is 25.9 Å². The predicted molar refractivity (Wildman–Crippen MR) is 80.3 cm³/mol. The van der Waals surface area contributed by atoms with Gasteiger partial charge < -0.3 is 15.5 Å². The SMILES string of the molecule is CCCCNC(=O)C(C)NC(C)CN1CCCCC1. The summed E-state index contributed by atoms with van der Waals surface area (Å²) >= 11 is 0. The monoisotopic (exact) mass is 269 g/mol. The molecule has 1 amide bonds. The van der Waals surface area contributed by atoms with Gasteiger partial charge in [-0.05, 0) is 46.2 Å². The molecule has 1 saturated heterocycles. The average Bonchev–Trinajstić information content (AvgIpc) is 2.39. The first-order valence-corrected chi connectivity index (χ1v) is 7.89. The molecule has 0 saturated carbocycles. The first-order valence-electron chi connectivity index (χ1n) is 7.89. The second-order valence-corrected chi connectivity index (χ2v) is 5.80. The van der Waals surface area contributed by atoms with Crippen molar-refractivity contribution in [2.75, 3.05) is 26.2 Å². The number of hydrogen-bond donors (Lipinski definition) is 2. The van der Waals surface area contributed by atoms with Crippen molar-refractivity contribution in [3.05, 3.63) is 0 Å². The fraction of sp³-hybridized carbons (Fsp3) is 0.933. The van der Waals surface area contributed by atoms with Crippen LogP contribution in [-0.2, 0) is 4.79 Å². The fourth-order valence-corrected chi connectivity index (χ4v) is 2.63. The van der Waals surface area contributed by atoms with E-state index in [-0.39, 0.29) is 11.9 Å². The van der Waals surface area contributed by atoms with Crippen LogP contribution >= 0.6 is 0 Å². The zero-order chi connectivity index (χ0) is 14.1. The van der Waals surface area contributed by atoms with Crippen molar-refractivity contribution in [3.8, 4) is 0 Å². The number of hydrogen-bond acceptors (Lipinski definition) is 3. The van der Waals surface area contributed by atoms with E-state index in [9.17, 15) is 4.79 Å². The maximum absolute atomic E-state index is 11.9. The molecule has 0 aliphatic carbocycles. The first-order chi connectivity index (χ1) is 9.13. The molecule has 2 unspecified atom stereocenters. The summed E-state index contributed by atoms with van der Waals surface area (Å²) in [6, 6.07) is 0.265. The molecule has 1 fully saturated rings. The molecule has 1 heterocycles. The molecule has 0 radical (unpaired) electrons. The van der Waals surface area contributed by atoms with Crippen molar-refractivity contribution in [1.29, 1.82) is 0 Å². The minimum atomic E-state index is -0.100. The van der Waals surface area contributed by atoms with Gasteiger partial charge in [-0.15, -0.1) is 0 Å². The molecule has 19 heavy (non-hydrogen) atoms. The van der Waals surface area contributed by atoms with Crippen LogP contribution < -0.4 is 10.6 Å². The van der Waals surface area contributed by atoms with Gasteiger partial charge in [0.05, 0.1) is 6.04 Å². The van der Waals surface area contributed by atoms with Gasteiger partial charge in [0.15, 0.2) is 0 Å². The van der Waals surface area contributed by atoms with Gasteiger partial charge in [-0.3, -0.25) is 4.79 Å². The van der Waals surface area contributed by atoms with E-state index in [1.54, 1.807) is 0 Å². The zero-order valence-corrected chi connectivity index (χ0v) is 12.9. The Morgan fingerprint density at radius 2 is 1.89 bits per heavy atom. The fourth-order valence-electron chi connectivity index (χ4n) is 2.63. The standard InChI is InChI=1S/C15H31N3O/c1-4-5-9-16-15(19)14(3)17-13(2)12-18-10-7-6-8-11-18/h13-14,17H,4-12H2,1-3H3,(H,16,19). The van der Waals surface area contributed by atoms with E-state index >= 15 is 0 Å². The number of nitrogens with zero attached hydrogens (tertiary/aromatic N) is 1. The summed E-state index contributed by atoms with van der Waals surface area (Å²) in [7, 11) is 0. The molecule has 0 aromatic rings. The van der Waals surface area contributed by atoms with E-state index in [1.165, 1.54) is 32.4 Å². The largest absolute Gasteiger partial charge is 0.355 e. The number of carbonyl (C=O) groups is 1. The van der Waals surface area contributed by atoms with Crippen molar-refractivity contribution in [1.82, 2.24) is 15.5 Å². The molecule has 4 heteroatoms. The lowest BCUT2D eigenvalue weighted by Crippen LogP contribution is -2.50. The third-order valence-corrected chi connectivity index (χ3v) is 3.74. The molecular weight excluding hydrogens is 238 g/mol. The summed E-state index contributed by atoms with van der Waals surface area (Å²) in [6.45, 7) is 10.5. The van der Waals surface area contributed by atoms with Crippen molar-refractivity contribution in [2.45, 2.75) is 65.0 Å². The first kappa shape index (κ1) is 16.4. The van der Waals surface area contributed by atoms with Crippen LogP contribution in [0.4, 0.5) is 0 Å². The Hall–Kier alpha value is -0.610. The lowest BCUT2D eigenvalue weighted by molar-refractivity contribution is -0.122. The van der Waals surface area contributed by atoms with Gasteiger partial charge in [0.2, 0.25) is 5.91 Å². The number of nitrogens with one attached hydrogen (secondary N) is 2. The molecular formula is C15H31N3O. The molecule has 0 bridgehead atoms. The Bertz CT molecular complexity index is 252. The van der Waals surface area contributed by atoms with Gasteiger partial charge in [-0.1, -0.05) is 19.8 Å². The van der Waals surface area contributed by atoms with Crippen LogP contribution in [0.25, 0.3) is 0 Å². The van der Waals surface area contributed by atoms with Crippen molar-refractivity contribution in [3.63, 3.8) is 0 Å². The van der Waals surface area contributed by atoms with Gasteiger partial charge in [-0.2, -0.15) is 0 Å². The Labute approximate surface area is 118 Å². The second-order valence-electron chi connectivity index (χ2n) is 5.80. The van der Waals surface area contributed by atoms with Crippen LogP contribution in [0.15, 0.2) is 0 Å². The highest BCUT2D eigenvalue weighted by molar-refractivity contribution is 5.81. The molecule has 0 aromatic carbocycles. The molecule has 1 rings (SSSR count). The number of piperidine rings is 1. The molecule has 2 atom stereocenters. The van der Waals surface area contributed by atoms with Gasteiger partial charge in [0.25, 0.3) is 0 Å². The molecule has 0 aromatic heterocycles. The summed E-state index contributed by atoms with van der Waals surface area (Å²) in [5.74, 6) is 0.124. The highest BCUT2D eigenvalue weighted by Gasteiger charge is 2.17. The summed E-state index contributed by atoms with van der Waals surface area (Å²) in [5.41, 5.74) is 0. The maximum atomic E-state index is 11.9. The zero-order valence-electron chi connectivity index (χ0n) is 12.9. The van der Waals surface area contributed by atoms with Crippen molar-refractivity contribution >= 4 is 5.91 Å². The molecule has 1 aliphatic rings. The lowest BCUT2D eigenvalue weighted by Gasteiger charge is -2.30. The van der Waals surface area contributed by atoms with Gasteiger partial charge in [-0.25, -0.2) is 0 Å². The van der Waals surface area contributed by atoms with E-state index in [1.807, 2.05) is 6.92 Å². The quantitative estimate of drug-likeness (QED) is 0.660. The Morgan fingerprint density at radius 3 is 2.53 bits per heavy atom. The van der Waals surface area contributed by atoms with Crippen LogP contribution in [0, 0.1) is 0 Å². The topological polar surface area (TPSA) is 44.4 Å². The van der Waals surface area contributed by atoms with E-state index in [0.29, 0.717) is 6.04 Å². The Balaban J connectivity index is 2.18. The van der Waals surface area contributed by atoms with Crippen LogP contribution in [0.3, 0.4) is 0 Å². The van der Waals surface area contributed by atoms with Crippen LogP contribution in [-0.4, -0.2) is 49.1 Å². The lowest BCUT2D eigenvalue weighted by atomic mass is 10.1. The number of amides is 1. The minimum absolute atomic E-state index is 0.100. The number of rotatable bonds is 8. The summed E-state index contributed by atoms with van der Waals surface area (Å²) in [6.07, 6.45) is 6.18. The molecule has 0 spiro atoms. The molecule has 112 valence electrons. The normalized spacial score (nSPS) is 19.9. The smallest absolute Gasteiger partial charge is 0.236 e. The van der Waals surface area contributed by atoms with Gasteiger partial charge in [0, 0.05) is 19.1 Å². The molecule has 2 N–H and O–H groups in total. The Kier molecular flexibility index (Phi) is 8.07. The number of carbonyl (C=O) groups excluding carboxylic acids is 1. The van der Waals surface area contributed by atoms with Crippen LogP contribution in [0.1, 0.15) is 52.9 Å². The van der Waals surface area contributed by atoms with E-state index in [4.69, 9.17) is 0 Å². The summed E-state index contributed by atoms with van der Waals surface area (Å²) < 4.78 is 0. The summed E-state index contributed by atoms with van der Waals surface area (Å²) in [5, 5.41) is 6.38. The third-order valence-electron chi connectivity index (χ3n) is 3.74. The molecule has 4 nitrogen and oxygen atoms in total. The van der Waals surface area contributed by atoms with Crippen molar-refractivity contribution < 1.29 is 4.79 Å². The average molecular weight is 269 g/mol. The Morgan fingerprint density at radius 1 is 1.21 bits per heavy atom. The number of unbranched alkanes of at least 4 members (excludes halogenated alkanes) is 1. The van der Waals surface area contributed by atoms with Crippen LogP contribution in [0.5, 0.6) is 0 Å². The minimum Gasteiger partial charge on any atom is -0.355 e. The van der Waals surface area contributed by atoms with E-state index < -0.39 is 0 Å². The predicted octanol–water partition coefficient (Wildman–Crippen LogP) is 1.76. The van der Waals surface area contributed by atoms with Gasteiger partial charge >= 0.3 is 0 Å². The van der Waals surface area contributed by atoms with Gasteiger partial charge in [0.1, 0.15) is 0 Å². The molecule has 1 aliphatic heterocycles. The maximum Gasteiger partial charge on any atom is 0.236 e.